The Hall–Kier alpha value is -2.73. The molecule has 0 radical (unpaired) electrons. The van der Waals surface area contributed by atoms with Gasteiger partial charge in [-0.05, 0) is 56.8 Å². The van der Waals surface area contributed by atoms with Crippen LogP contribution >= 0.6 is 0 Å². The minimum atomic E-state index is -0.473. The fraction of sp³-hybridized carbons (Fsp3) is 0.480. The van der Waals surface area contributed by atoms with Crippen LogP contribution in [-0.2, 0) is 0 Å². The van der Waals surface area contributed by atoms with Crippen molar-refractivity contribution in [3.05, 3.63) is 69.6 Å². The number of aromatic nitrogens is 1. The van der Waals surface area contributed by atoms with Crippen molar-refractivity contribution in [2.45, 2.75) is 51.5 Å². The number of carbonyl (C=O) groups excluding carboxylic acids is 2. The molecule has 0 spiro atoms. The fourth-order valence-electron chi connectivity index (χ4n) is 4.27. The number of unbranched alkanes of at least 4 members (excludes halogenated alkanes) is 1. The van der Waals surface area contributed by atoms with Gasteiger partial charge >= 0.3 is 0 Å². The van der Waals surface area contributed by atoms with Crippen LogP contribution in [0.15, 0.2) is 47.4 Å². The minimum absolute atomic E-state index is 0.00540. The van der Waals surface area contributed by atoms with Crippen LogP contribution in [0.4, 0.5) is 0 Å². The molecule has 3 rings (SSSR count). The third-order valence-electron chi connectivity index (χ3n) is 6.26. The van der Waals surface area contributed by atoms with E-state index in [1.807, 2.05) is 37.3 Å². The number of carbonyl (C=O) groups is 2. The zero-order valence-corrected chi connectivity index (χ0v) is 18.5. The molecule has 2 N–H and O–H groups in total. The Morgan fingerprint density at radius 1 is 1.16 bits per heavy atom. The van der Waals surface area contributed by atoms with Gasteiger partial charge in [0.25, 0.3) is 11.5 Å². The molecule has 1 aromatic heterocycles. The molecule has 0 unspecified atom stereocenters. The predicted octanol–water partition coefficient (Wildman–Crippen LogP) is 3.56. The lowest BCUT2D eigenvalue weighted by atomic mass is 9.92. The van der Waals surface area contributed by atoms with E-state index < -0.39 is 11.5 Å². The van der Waals surface area contributed by atoms with E-state index in [-0.39, 0.29) is 17.4 Å². The van der Waals surface area contributed by atoms with Gasteiger partial charge in [0.05, 0.1) is 6.04 Å². The molecule has 31 heavy (non-hydrogen) atoms. The van der Waals surface area contributed by atoms with Gasteiger partial charge in [0.2, 0.25) is 0 Å². The Morgan fingerprint density at radius 3 is 2.55 bits per heavy atom. The molecule has 0 saturated carbocycles. The SMILES string of the molecule is CNC(=O)c1cc(C(=O)CCCCC2CCNCC2)cn([C@H](C)c2ccccc2)c1=O. The summed E-state index contributed by atoms with van der Waals surface area (Å²) in [7, 11) is 1.49. The Bertz CT molecular complexity index is 946. The van der Waals surface area contributed by atoms with Gasteiger partial charge in [-0.1, -0.05) is 43.2 Å². The van der Waals surface area contributed by atoms with Gasteiger partial charge < -0.3 is 15.2 Å². The predicted molar refractivity (Wildman–Crippen MR) is 123 cm³/mol. The van der Waals surface area contributed by atoms with Crippen LogP contribution in [0.1, 0.15) is 77.8 Å². The summed E-state index contributed by atoms with van der Waals surface area (Å²) in [4.78, 5) is 38.2. The maximum absolute atomic E-state index is 13.0. The van der Waals surface area contributed by atoms with E-state index in [0.717, 1.165) is 43.8 Å². The normalized spacial score (nSPS) is 15.4. The number of Topliss-reactive ketones (excluding diaryl/α,β-unsaturated/α-hetero) is 1. The monoisotopic (exact) mass is 423 g/mol. The molecule has 1 aliphatic rings. The van der Waals surface area contributed by atoms with E-state index in [2.05, 4.69) is 10.6 Å². The van der Waals surface area contributed by atoms with Crippen LogP contribution in [-0.4, -0.2) is 36.4 Å². The molecule has 1 aliphatic heterocycles. The number of nitrogens with one attached hydrogen (secondary N) is 2. The van der Waals surface area contributed by atoms with E-state index in [0.29, 0.717) is 12.0 Å². The van der Waals surface area contributed by atoms with Crippen LogP contribution in [0, 0.1) is 5.92 Å². The highest BCUT2D eigenvalue weighted by Gasteiger charge is 2.20. The van der Waals surface area contributed by atoms with Crippen molar-refractivity contribution in [3.63, 3.8) is 0 Å². The summed E-state index contributed by atoms with van der Waals surface area (Å²) < 4.78 is 1.50. The molecule has 2 aromatic rings. The zero-order chi connectivity index (χ0) is 22.2. The number of amides is 1. The number of rotatable bonds is 9. The summed E-state index contributed by atoms with van der Waals surface area (Å²) in [6.45, 7) is 4.08. The molecule has 2 heterocycles. The van der Waals surface area contributed by atoms with E-state index in [1.165, 1.54) is 30.5 Å². The van der Waals surface area contributed by atoms with E-state index in [9.17, 15) is 14.4 Å². The number of piperidine rings is 1. The quantitative estimate of drug-likeness (QED) is 0.477. The van der Waals surface area contributed by atoms with Crippen LogP contribution in [0.5, 0.6) is 0 Å². The number of ketones is 1. The van der Waals surface area contributed by atoms with Crippen molar-refractivity contribution in [2.75, 3.05) is 20.1 Å². The summed E-state index contributed by atoms with van der Waals surface area (Å²) in [6.07, 6.45) is 7.47. The molecule has 1 aromatic carbocycles. The Balaban J connectivity index is 1.76. The minimum Gasteiger partial charge on any atom is -0.355 e. The third-order valence-corrected chi connectivity index (χ3v) is 6.26. The largest absolute Gasteiger partial charge is 0.355 e. The lowest BCUT2D eigenvalue weighted by molar-refractivity contribution is 0.0961. The molecule has 1 amide bonds. The average molecular weight is 424 g/mol. The van der Waals surface area contributed by atoms with Gasteiger partial charge in [0, 0.05) is 25.2 Å². The van der Waals surface area contributed by atoms with E-state index >= 15 is 0 Å². The van der Waals surface area contributed by atoms with Gasteiger partial charge in [-0.15, -0.1) is 0 Å². The van der Waals surface area contributed by atoms with Crippen molar-refractivity contribution in [1.82, 2.24) is 15.2 Å². The maximum atomic E-state index is 13.0. The smallest absolute Gasteiger partial charge is 0.263 e. The molecular weight excluding hydrogens is 390 g/mol. The zero-order valence-electron chi connectivity index (χ0n) is 18.5. The average Bonchev–Trinajstić information content (AvgIpc) is 2.82. The van der Waals surface area contributed by atoms with E-state index in [1.54, 1.807) is 6.20 Å². The van der Waals surface area contributed by atoms with Gasteiger partial charge in [-0.3, -0.25) is 14.4 Å². The third kappa shape index (κ3) is 5.91. The summed E-state index contributed by atoms with van der Waals surface area (Å²) in [5, 5.41) is 5.89. The second kappa shape index (κ2) is 11.0. The highest BCUT2D eigenvalue weighted by Crippen LogP contribution is 2.21. The number of hydrogen-bond acceptors (Lipinski definition) is 4. The van der Waals surface area contributed by atoms with Crippen LogP contribution in [0.2, 0.25) is 0 Å². The van der Waals surface area contributed by atoms with Crippen LogP contribution < -0.4 is 16.2 Å². The Labute approximate surface area is 184 Å². The fourth-order valence-corrected chi connectivity index (χ4v) is 4.27. The van der Waals surface area contributed by atoms with Gasteiger partial charge in [0.1, 0.15) is 5.56 Å². The molecule has 6 heteroatoms. The van der Waals surface area contributed by atoms with Gasteiger partial charge in [0.15, 0.2) is 5.78 Å². The summed E-state index contributed by atoms with van der Waals surface area (Å²) in [6, 6.07) is 10.8. The number of benzene rings is 1. The van der Waals surface area contributed by atoms with Crippen molar-refractivity contribution >= 4 is 11.7 Å². The van der Waals surface area contributed by atoms with Crippen molar-refractivity contribution in [1.29, 1.82) is 0 Å². The highest BCUT2D eigenvalue weighted by atomic mass is 16.2. The van der Waals surface area contributed by atoms with Crippen molar-refractivity contribution < 1.29 is 9.59 Å². The first kappa shape index (κ1) is 22.9. The number of hydrogen-bond donors (Lipinski definition) is 2. The molecule has 166 valence electrons. The highest BCUT2D eigenvalue weighted by molar-refractivity contribution is 6.00. The summed E-state index contributed by atoms with van der Waals surface area (Å²) >= 11 is 0. The summed E-state index contributed by atoms with van der Waals surface area (Å²) in [5.41, 5.74) is 0.978. The number of nitrogens with zero attached hydrogens (tertiary/aromatic N) is 1. The van der Waals surface area contributed by atoms with Crippen molar-refractivity contribution in [3.8, 4) is 0 Å². The molecule has 1 fully saturated rings. The first-order chi connectivity index (χ1) is 15.0. The molecule has 0 bridgehead atoms. The van der Waals surface area contributed by atoms with Gasteiger partial charge in [-0.25, -0.2) is 0 Å². The second-order valence-electron chi connectivity index (χ2n) is 8.38. The molecule has 1 saturated heterocycles. The maximum Gasteiger partial charge on any atom is 0.263 e. The first-order valence-corrected chi connectivity index (χ1v) is 11.3. The molecular formula is C25H33N3O3. The summed E-state index contributed by atoms with van der Waals surface area (Å²) in [5.74, 6) is 0.258. The molecule has 6 nitrogen and oxygen atoms in total. The second-order valence-corrected chi connectivity index (χ2v) is 8.38. The molecule has 1 atom stereocenters. The number of pyridine rings is 1. The topological polar surface area (TPSA) is 80.2 Å². The lowest BCUT2D eigenvalue weighted by Gasteiger charge is -2.22. The van der Waals surface area contributed by atoms with Crippen LogP contribution in [0.25, 0.3) is 0 Å². The standard InChI is InChI=1S/C25H33N3O3/c1-18(20-9-4-3-5-10-20)28-17-21(16-22(25(28)31)24(30)26-2)23(29)11-7-6-8-19-12-14-27-15-13-19/h3-5,9-10,16-19,27H,6-8,11-15H2,1-2H3,(H,26,30)/t18-/m1/s1. The van der Waals surface area contributed by atoms with Crippen LogP contribution in [0.3, 0.4) is 0 Å². The van der Waals surface area contributed by atoms with Gasteiger partial charge in [-0.2, -0.15) is 0 Å². The van der Waals surface area contributed by atoms with E-state index in [4.69, 9.17) is 0 Å². The first-order valence-electron chi connectivity index (χ1n) is 11.3. The Morgan fingerprint density at radius 2 is 1.87 bits per heavy atom. The molecule has 0 aliphatic carbocycles. The lowest BCUT2D eigenvalue weighted by Crippen LogP contribution is -2.33. The van der Waals surface area contributed by atoms with Crippen molar-refractivity contribution in [2.24, 2.45) is 5.92 Å². The Kier molecular flexibility index (Phi) is 8.18.